The molecule has 0 radical (unpaired) electrons. The van der Waals surface area contributed by atoms with Crippen LogP contribution in [0.1, 0.15) is 20.7 Å². The van der Waals surface area contributed by atoms with Crippen LogP contribution in [0.5, 0.6) is 0 Å². The van der Waals surface area contributed by atoms with Gasteiger partial charge in [0, 0.05) is 30.4 Å². The smallest absolute Gasteiger partial charge is 0.257 e. The number of carbonyl (C=O) groups is 2. The van der Waals surface area contributed by atoms with Gasteiger partial charge in [0.1, 0.15) is 0 Å². The lowest BCUT2D eigenvalue weighted by Gasteiger charge is -2.11. The first-order valence-electron chi connectivity index (χ1n) is 6.46. The Bertz CT molecular complexity index is 713. The number of hydrogen-bond acceptors (Lipinski definition) is 2. The molecular weight excluding hydrogens is 323 g/mol. The van der Waals surface area contributed by atoms with Crippen molar-refractivity contribution in [1.82, 2.24) is 4.90 Å². The number of nitrogens with one attached hydrogen (secondary N) is 1. The monoisotopic (exact) mass is 336 g/mol. The SMILES string of the molecule is CN(C)C(=O)c1ccc(NC(=O)c2cc(Cl)ccc2Cl)cc1. The van der Waals surface area contributed by atoms with E-state index < -0.39 is 0 Å². The molecule has 2 rings (SSSR count). The van der Waals surface area contributed by atoms with Gasteiger partial charge in [-0.2, -0.15) is 0 Å². The van der Waals surface area contributed by atoms with E-state index in [0.29, 0.717) is 26.9 Å². The molecule has 6 heteroatoms. The van der Waals surface area contributed by atoms with E-state index >= 15 is 0 Å². The van der Waals surface area contributed by atoms with Crippen molar-refractivity contribution in [2.75, 3.05) is 19.4 Å². The first-order valence-corrected chi connectivity index (χ1v) is 7.22. The lowest BCUT2D eigenvalue weighted by atomic mass is 10.1. The van der Waals surface area contributed by atoms with Crippen molar-refractivity contribution in [1.29, 1.82) is 0 Å². The summed E-state index contributed by atoms with van der Waals surface area (Å²) in [5, 5.41) is 3.47. The average Bonchev–Trinajstić information content (AvgIpc) is 2.49. The molecule has 2 aromatic rings. The van der Waals surface area contributed by atoms with Crippen molar-refractivity contribution in [2.24, 2.45) is 0 Å². The predicted octanol–water partition coefficient (Wildman–Crippen LogP) is 3.95. The number of amides is 2. The second-order valence-electron chi connectivity index (χ2n) is 4.86. The highest BCUT2D eigenvalue weighted by Crippen LogP contribution is 2.22. The Morgan fingerprint density at radius 2 is 1.64 bits per heavy atom. The van der Waals surface area contributed by atoms with E-state index in [9.17, 15) is 9.59 Å². The van der Waals surface area contributed by atoms with E-state index in [1.165, 1.54) is 11.0 Å². The van der Waals surface area contributed by atoms with Gasteiger partial charge in [-0.25, -0.2) is 0 Å². The van der Waals surface area contributed by atoms with E-state index in [-0.39, 0.29) is 11.8 Å². The molecule has 0 saturated heterocycles. The highest BCUT2D eigenvalue weighted by atomic mass is 35.5. The van der Waals surface area contributed by atoms with Gasteiger partial charge in [-0.3, -0.25) is 9.59 Å². The normalized spacial score (nSPS) is 10.2. The van der Waals surface area contributed by atoms with Gasteiger partial charge in [-0.05, 0) is 42.5 Å². The molecule has 4 nitrogen and oxygen atoms in total. The van der Waals surface area contributed by atoms with Gasteiger partial charge in [0.25, 0.3) is 11.8 Å². The topological polar surface area (TPSA) is 49.4 Å². The van der Waals surface area contributed by atoms with Crippen molar-refractivity contribution in [2.45, 2.75) is 0 Å². The van der Waals surface area contributed by atoms with Gasteiger partial charge in [0.15, 0.2) is 0 Å². The summed E-state index contributed by atoms with van der Waals surface area (Å²) in [6.45, 7) is 0. The maximum Gasteiger partial charge on any atom is 0.257 e. The Morgan fingerprint density at radius 3 is 2.23 bits per heavy atom. The van der Waals surface area contributed by atoms with Crippen LogP contribution in [-0.4, -0.2) is 30.8 Å². The molecule has 1 N–H and O–H groups in total. The lowest BCUT2D eigenvalue weighted by Crippen LogP contribution is -2.21. The van der Waals surface area contributed by atoms with E-state index in [0.717, 1.165) is 0 Å². The molecule has 0 aliphatic rings. The summed E-state index contributed by atoms with van der Waals surface area (Å²) in [5.74, 6) is -0.463. The van der Waals surface area contributed by atoms with Crippen LogP contribution in [0.15, 0.2) is 42.5 Å². The van der Waals surface area contributed by atoms with Crippen LogP contribution >= 0.6 is 23.2 Å². The molecular formula is C16H14Cl2N2O2. The first-order chi connectivity index (χ1) is 10.4. The van der Waals surface area contributed by atoms with Crippen molar-refractivity contribution >= 4 is 40.7 Å². The molecule has 0 fully saturated rings. The fraction of sp³-hybridized carbons (Fsp3) is 0.125. The first kappa shape index (κ1) is 16.3. The number of hydrogen-bond donors (Lipinski definition) is 1. The molecule has 2 aromatic carbocycles. The average molecular weight is 337 g/mol. The zero-order valence-electron chi connectivity index (χ0n) is 12.1. The van der Waals surface area contributed by atoms with E-state index in [1.807, 2.05) is 0 Å². The van der Waals surface area contributed by atoms with Crippen LogP contribution in [-0.2, 0) is 0 Å². The molecule has 0 heterocycles. The van der Waals surface area contributed by atoms with Crippen molar-refractivity contribution in [3.05, 3.63) is 63.6 Å². The quantitative estimate of drug-likeness (QED) is 0.922. The zero-order chi connectivity index (χ0) is 16.3. The summed E-state index contributed by atoms with van der Waals surface area (Å²) >= 11 is 11.9. The number of rotatable bonds is 3. The summed E-state index contributed by atoms with van der Waals surface area (Å²) < 4.78 is 0. The second kappa shape index (κ2) is 6.81. The Balaban J connectivity index is 2.15. The molecule has 0 spiro atoms. The fourth-order valence-electron chi connectivity index (χ4n) is 1.82. The Morgan fingerprint density at radius 1 is 1.00 bits per heavy atom. The molecule has 114 valence electrons. The van der Waals surface area contributed by atoms with Crippen LogP contribution in [0.25, 0.3) is 0 Å². The summed E-state index contributed by atoms with van der Waals surface area (Å²) in [4.78, 5) is 25.5. The van der Waals surface area contributed by atoms with Crippen molar-refractivity contribution in [3.8, 4) is 0 Å². The molecule has 0 atom stereocenters. The third-order valence-electron chi connectivity index (χ3n) is 2.97. The van der Waals surface area contributed by atoms with E-state index in [4.69, 9.17) is 23.2 Å². The number of anilines is 1. The number of halogens is 2. The summed E-state index contributed by atoms with van der Waals surface area (Å²) in [7, 11) is 3.36. The zero-order valence-corrected chi connectivity index (χ0v) is 13.6. The predicted molar refractivity (Wildman–Crippen MR) is 88.9 cm³/mol. The van der Waals surface area contributed by atoms with Crippen LogP contribution in [0.2, 0.25) is 10.0 Å². The van der Waals surface area contributed by atoms with Crippen molar-refractivity contribution < 1.29 is 9.59 Å². The molecule has 2 amide bonds. The highest BCUT2D eigenvalue weighted by Gasteiger charge is 2.12. The van der Waals surface area contributed by atoms with E-state index in [2.05, 4.69) is 5.32 Å². The second-order valence-corrected chi connectivity index (χ2v) is 5.70. The van der Waals surface area contributed by atoms with Crippen molar-refractivity contribution in [3.63, 3.8) is 0 Å². The van der Waals surface area contributed by atoms with Gasteiger partial charge in [-0.15, -0.1) is 0 Å². The molecule has 0 saturated carbocycles. The van der Waals surface area contributed by atoms with Gasteiger partial charge in [0.2, 0.25) is 0 Å². The lowest BCUT2D eigenvalue weighted by molar-refractivity contribution is 0.0827. The summed E-state index contributed by atoms with van der Waals surface area (Å²) in [5.41, 5.74) is 1.41. The van der Waals surface area contributed by atoms with Crippen LogP contribution in [0.3, 0.4) is 0 Å². The minimum absolute atomic E-state index is 0.101. The van der Waals surface area contributed by atoms with E-state index in [1.54, 1.807) is 50.5 Å². The van der Waals surface area contributed by atoms with Gasteiger partial charge >= 0.3 is 0 Å². The molecule has 0 unspecified atom stereocenters. The standard InChI is InChI=1S/C16H14Cl2N2O2/c1-20(2)16(22)10-3-6-12(7-4-10)19-15(21)13-9-11(17)5-8-14(13)18/h3-9H,1-2H3,(H,19,21). The molecule has 22 heavy (non-hydrogen) atoms. The van der Waals surface area contributed by atoms with Crippen LogP contribution in [0, 0.1) is 0 Å². The summed E-state index contributed by atoms with van der Waals surface area (Å²) in [6, 6.07) is 11.3. The van der Waals surface area contributed by atoms with Gasteiger partial charge < -0.3 is 10.2 Å². The molecule has 0 aliphatic heterocycles. The highest BCUT2D eigenvalue weighted by molar-refractivity contribution is 6.36. The largest absolute Gasteiger partial charge is 0.345 e. The number of benzene rings is 2. The Labute approximate surface area is 138 Å². The van der Waals surface area contributed by atoms with Crippen LogP contribution in [0.4, 0.5) is 5.69 Å². The minimum Gasteiger partial charge on any atom is -0.345 e. The molecule has 0 bridgehead atoms. The minimum atomic E-state index is -0.362. The Kier molecular flexibility index (Phi) is 5.06. The molecule has 0 aromatic heterocycles. The maximum atomic E-state index is 12.2. The fourth-order valence-corrected chi connectivity index (χ4v) is 2.20. The Hall–Kier alpha value is -2.04. The van der Waals surface area contributed by atoms with Gasteiger partial charge in [-0.1, -0.05) is 23.2 Å². The maximum absolute atomic E-state index is 12.2. The third kappa shape index (κ3) is 3.78. The number of nitrogens with zero attached hydrogens (tertiary/aromatic N) is 1. The van der Waals surface area contributed by atoms with Gasteiger partial charge in [0.05, 0.1) is 10.6 Å². The molecule has 0 aliphatic carbocycles. The van der Waals surface area contributed by atoms with Crippen LogP contribution < -0.4 is 5.32 Å². The third-order valence-corrected chi connectivity index (χ3v) is 3.53. The number of carbonyl (C=O) groups excluding carboxylic acids is 2. The summed E-state index contributed by atoms with van der Waals surface area (Å²) in [6.07, 6.45) is 0.